The number of aryl methyl sites for hydroxylation is 1. The summed E-state index contributed by atoms with van der Waals surface area (Å²) in [6, 6.07) is 0. The van der Waals surface area contributed by atoms with Crippen molar-refractivity contribution in [2.45, 2.75) is 50.2 Å². The SMILES string of the molecule is CCOC1(C(=O)N2C[C@@H](OC)[C@H](c3cn(C)nn3)C2)CCCC1. The van der Waals surface area contributed by atoms with Crippen LogP contribution in [0.2, 0.25) is 0 Å². The van der Waals surface area contributed by atoms with E-state index in [1.165, 1.54) is 0 Å². The third-order valence-electron chi connectivity index (χ3n) is 5.08. The molecule has 1 aliphatic heterocycles. The maximum Gasteiger partial charge on any atom is 0.254 e. The van der Waals surface area contributed by atoms with E-state index in [-0.39, 0.29) is 17.9 Å². The number of hydrogen-bond acceptors (Lipinski definition) is 5. The number of carbonyl (C=O) groups excluding carboxylic acids is 1. The van der Waals surface area contributed by atoms with Crippen molar-refractivity contribution in [1.29, 1.82) is 0 Å². The molecule has 1 amide bonds. The average Bonchev–Trinajstić information content (AvgIpc) is 3.25. The Bertz CT molecular complexity index is 553. The lowest BCUT2D eigenvalue weighted by atomic mass is 10.00. The van der Waals surface area contributed by atoms with Gasteiger partial charge < -0.3 is 14.4 Å². The maximum absolute atomic E-state index is 13.1. The number of carbonyl (C=O) groups is 1. The smallest absolute Gasteiger partial charge is 0.254 e. The lowest BCUT2D eigenvalue weighted by Crippen LogP contribution is -2.48. The summed E-state index contributed by atoms with van der Waals surface area (Å²) in [5.74, 6) is 0.183. The molecule has 1 saturated carbocycles. The van der Waals surface area contributed by atoms with Gasteiger partial charge in [-0.25, -0.2) is 0 Å². The summed E-state index contributed by atoms with van der Waals surface area (Å²) in [7, 11) is 3.54. The van der Waals surface area contributed by atoms with Crippen molar-refractivity contribution in [3.63, 3.8) is 0 Å². The third-order valence-corrected chi connectivity index (χ3v) is 5.08. The van der Waals surface area contributed by atoms with Crippen LogP contribution in [0, 0.1) is 0 Å². The second-order valence-corrected chi connectivity index (χ2v) is 6.54. The third kappa shape index (κ3) is 2.99. The van der Waals surface area contributed by atoms with Crippen LogP contribution >= 0.6 is 0 Å². The van der Waals surface area contributed by atoms with Gasteiger partial charge in [-0.3, -0.25) is 9.48 Å². The van der Waals surface area contributed by atoms with E-state index in [0.29, 0.717) is 19.7 Å². The Morgan fingerprint density at radius 2 is 2.13 bits per heavy atom. The van der Waals surface area contributed by atoms with E-state index < -0.39 is 5.60 Å². The zero-order valence-corrected chi connectivity index (χ0v) is 14.2. The first-order valence-corrected chi connectivity index (χ1v) is 8.42. The van der Waals surface area contributed by atoms with Crippen molar-refractivity contribution in [3.05, 3.63) is 11.9 Å². The topological polar surface area (TPSA) is 69.5 Å². The molecular formula is C16H26N4O3. The molecule has 0 unspecified atom stereocenters. The fourth-order valence-electron chi connectivity index (χ4n) is 3.93. The summed E-state index contributed by atoms with van der Waals surface area (Å²) in [5, 5.41) is 8.21. The molecule has 0 spiro atoms. The van der Waals surface area contributed by atoms with Crippen LogP contribution in [0.4, 0.5) is 0 Å². The largest absolute Gasteiger partial charge is 0.379 e. The molecule has 23 heavy (non-hydrogen) atoms. The molecule has 128 valence electrons. The van der Waals surface area contributed by atoms with Crippen molar-refractivity contribution in [2.75, 3.05) is 26.8 Å². The molecule has 1 aromatic heterocycles. The van der Waals surface area contributed by atoms with Crippen molar-refractivity contribution in [3.8, 4) is 0 Å². The normalized spacial score (nSPS) is 26.8. The number of nitrogens with zero attached hydrogens (tertiary/aromatic N) is 4. The highest BCUT2D eigenvalue weighted by Crippen LogP contribution is 2.37. The first-order chi connectivity index (χ1) is 11.1. The highest BCUT2D eigenvalue weighted by atomic mass is 16.5. The van der Waals surface area contributed by atoms with Gasteiger partial charge in [0, 0.05) is 40.1 Å². The highest BCUT2D eigenvalue weighted by Gasteiger charge is 2.48. The van der Waals surface area contributed by atoms with E-state index in [9.17, 15) is 4.79 Å². The molecule has 0 N–H and O–H groups in total. The molecule has 1 aliphatic carbocycles. The molecule has 2 aliphatic rings. The summed E-state index contributed by atoms with van der Waals surface area (Å²) in [4.78, 5) is 15.0. The van der Waals surface area contributed by atoms with E-state index in [4.69, 9.17) is 9.47 Å². The molecule has 0 bridgehead atoms. The number of hydrogen-bond donors (Lipinski definition) is 0. The van der Waals surface area contributed by atoms with Crippen LogP contribution < -0.4 is 0 Å². The molecule has 1 saturated heterocycles. The molecule has 7 nitrogen and oxygen atoms in total. The Balaban J connectivity index is 1.77. The summed E-state index contributed by atoms with van der Waals surface area (Å²) < 4.78 is 13.2. The van der Waals surface area contributed by atoms with Crippen LogP contribution in [0.1, 0.15) is 44.2 Å². The Hall–Kier alpha value is -1.47. The Morgan fingerprint density at radius 1 is 1.39 bits per heavy atom. The van der Waals surface area contributed by atoms with Gasteiger partial charge in [0.1, 0.15) is 5.60 Å². The minimum absolute atomic E-state index is 0.0456. The maximum atomic E-state index is 13.1. The second kappa shape index (κ2) is 6.57. The van der Waals surface area contributed by atoms with E-state index in [1.807, 2.05) is 25.1 Å². The second-order valence-electron chi connectivity index (χ2n) is 6.54. The van der Waals surface area contributed by atoms with Crippen molar-refractivity contribution < 1.29 is 14.3 Å². The zero-order valence-electron chi connectivity index (χ0n) is 14.2. The number of ether oxygens (including phenoxy) is 2. The zero-order chi connectivity index (χ0) is 16.4. The van der Waals surface area contributed by atoms with Crippen LogP contribution in [-0.4, -0.2) is 64.3 Å². The summed E-state index contributed by atoms with van der Waals surface area (Å²) >= 11 is 0. The monoisotopic (exact) mass is 322 g/mol. The first-order valence-electron chi connectivity index (χ1n) is 8.42. The fourth-order valence-corrected chi connectivity index (χ4v) is 3.93. The minimum atomic E-state index is -0.621. The number of likely N-dealkylation sites (tertiary alicyclic amines) is 1. The number of amides is 1. The molecule has 2 fully saturated rings. The molecule has 0 aromatic carbocycles. The Labute approximate surface area is 136 Å². The molecule has 3 rings (SSSR count). The Morgan fingerprint density at radius 3 is 2.70 bits per heavy atom. The van der Waals surface area contributed by atoms with E-state index in [2.05, 4.69) is 10.3 Å². The predicted octanol–water partition coefficient (Wildman–Crippen LogP) is 1.11. The number of rotatable bonds is 5. The molecule has 0 radical (unpaired) electrons. The average molecular weight is 322 g/mol. The summed E-state index contributed by atoms with van der Waals surface area (Å²) in [6.45, 7) is 3.73. The number of aromatic nitrogens is 3. The van der Waals surface area contributed by atoms with Crippen molar-refractivity contribution >= 4 is 5.91 Å². The first kappa shape index (κ1) is 16.4. The van der Waals surface area contributed by atoms with Crippen molar-refractivity contribution in [1.82, 2.24) is 19.9 Å². The van der Waals surface area contributed by atoms with Crippen LogP contribution in [0.3, 0.4) is 0 Å². The van der Waals surface area contributed by atoms with Gasteiger partial charge in [0.25, 0.3) is 5.91 Å². The lowest BCUT2D eigenvalue weighted by molar-refractivity contribution is -0.156. The lowest BCUT2D eigenvalue weighted by Gasteiger charge is -2.32. The molecule has 2 atom stereocenters. The van der Waals surface area contributed by atoms with Gasteiger partial charge in [-0.1, -0.05) is 5.21 Å². The molecule has 7 heteroatoms. The van der Waals surface area contributed by atoms with Crippen LogP contribution in [0.15, 0.2) is 6.20 Å². The van der Waals surface area contributed by atoms with Gasteiger partial charge in [0.05, 0.1) is 17.7 Å². The summed E-state index contributed by atoms with van der Waals surface area (Å²) in [6.07, 6.45) is 5.61. The quantitative estimate of drug-likeness (QED) is 0.812. The fraction of sp³-hybridized carbons (Fsp3) is 0.812. The van der Waals surface area contributed by atoms with Gasteiger partial charge >= 0.3 is 0 Å². The van der Waals surface area contributed by atoms with Crippen LogP contribution in [-0.2, 0) is 21.3 Å². The standard InChI is InChI=1S/C16H26N4O3/c1-4-23-16(7-5-6-8-16)15(21)20-9-12(14(11-20)22-3)13-10-19(2)18-17-13/h10,12,14H,4-9,11H2,1-3H3/t12-,14+/m0/s1. The van der Waals surface area contributed by atoms with Gasteiger partial charge in [0.2, 0.25) is 0 Å². The van der Waals surface area contributed by atoms with Gasteiger partial charge in [-0.05, 0) is 32.6 Å². The van der Waals surface area contributed by atoms with Gasteiger partial charge in [-0.15, -0.1) is 5.10 Å². The van der Waals surface area contributed by atoms with Crippen molar-refractivity contribution in [2.24, 2.45) is 7.05 Å². The van der Waals surface area contributed by atoms with Crippen LogP contribution in [0.5, 0.6) is 0 Å². The molecule has 2 heterocycles. The van der Waals surface area contributed by atoms with Gasteiger partial charge in [0.15, 0.2) is 0 Å². The highest BCUT2D eigenvalue weighted by molar-refractivity contribution is 5.86. The molecule has 1 aromatic rings. The summed E-state index contributed by atoms with van der Waals surface area (Å²) in [5.41, 5.74) is 0.260. The Kier molecular flexibility index (Phi) is 4.68. The van der Waals surface area contributed by atoms with E-state index in [0.717, 1.165) is 31.4 Å². The van der Waals surface area contributed by atoms with Gasteiger partial charge in [-0.2, -0.15) is 0 Å². The van der Waals surface area contributed by atoms with E-state index in [1.54, 1.807) is 11.8 Å². The van der Waals surface area contributed by atoms with Crippen LogP contribution in [0.25, 0.3) is 0 Å². The predicted molar refractivity (Wildman–Crippen MR) is 83.9 cm³/mol. The minimum Gasteiger partial charge on any atom is -0.379 e. The number of methoxy groups -OCH3 is 1. The van der Waals surface area contributed by atoms with E-state index >= 15 is 0 Å². The molecular weight excluding hydrogens is 296 g/mol.